The van der Waals surface area contributed by atoms with Crippen molar-refractivity contribution in [1.82, 2.24) is 10.3 Å². The van der Waals surface area contributed by atoms with E-state index >= 15 is 0 Å². The predicted molar refractivity (Wildman–Crippen MR) is 85.6 cm³/mol. The van der Waals surface area contributed by atoms with Gasteiger partial charge in [-0.15, -0.1) is 23.7 Å². The van der Waals surface area contributed by atoms with Crippen molar-refractivity contribution in [1.29, 1.82) is 0 Å². The van der Waals surface area contributed by atoms with Gasteiger partial charge in [0.05, 0.1) is 5.01 Å². The van der Waals surface area contributed by atoms with E-state index < -0.39 is 0 Å². The van der Waals surface area contributed by atoms with Crippen molar-refractivity contribution in [3.05, 3.63) is 16.1 Å². The number of nitrogens with one attached hydrogen (secondary N) is 1. The molecule has 0 saturated heterocycles. The maximum absolute atomic E-state index is 12.0. The van der Waals surface area contributed by atoms with Crippen LogP contribution in [0.15, 0.2) is 5.38 Å². The molecule has 0 radical (unpaired) electrons. The van der Waals surface area contributed by atoms with E-state index in [-0.39, 0.29) is 18.3 Å². The Kier molecular flexibility index (Phi) is 7.48. The first kappa shape index (κ1) is 17.4. The number of amides is 1. The molecule has 0 aromatic carbocycles. The van der Waals surface area contributed by atoms with Crippen LogP contribution in [0.25, 0.3) is 0 Å². The number of nitrogens with zero attached hydrogens (tertiary/aromatic N) is 1. The molecule has 3 N–H and O–H groups in total. The summed E-state index contributed by atoms with van der Waals surface area (Å²) in [5, 5.41) is 5.78. The number of hydrogen-bond donors (Lipinski definition) is 2. The van der Waals surface area contributed by atoms with Gasteiger partial charge in [0.1, 0.15) is 5.69 Å². The lowest BCUT2D eigenvalue weighted by molar-refractivity contribution is 0.0937. The molecule has 0 atom stereocenters. The van der Waals surface area contributed by atoms with Gasteiger partial charge in [0.25, 0.3) is 5.91 Å². The number of aromatic nitrogens is 1. The average Bonchev–Trinajstić information content (AvgIpc) is 2.87. The molecule has 1 amide bonds. The molecule has 1 aromatic rings. The second-order valence-corrected chi connectivity index (χ2v) is 6.44. The highest BCUT2D eigenvalue weighted by Crippen LogP contribution is 2.27. The van der Waals surface area contributed by atoms with Crippen molar-refractivity contribution in [3.63, 3.8) is 0 Å². The summed E-state index contributed by atoms with van der Waals surface area (Å²) in [7, 11) is 0. The van der Waals surface area contributed by atoms with Gasteiger partial charge in [-0.3, -0.25) is 4.79 Å². The van der Waals surface area contributed by atoms with E-state index in [2.05, 4.69) is 17.2 Å². The van der Waals surface area contributed by atoms with Crippen LogP contribution >= 0.6 is 23.7 Å². The van der Waals surface area contributed by atoms with E-state index in [1.165, 1.54) is 37.0 Å². The molecule has 2 rings (SSSR count). The summed E-state index contributed by atoms with van der Waals surface area (Å²) < 4.78 is 0. The zero-order valence-corrected chi connectivity index (χ0v) is 13.6. The van der Waals surface area contributed by atoms with Crippen molar-refractivity contribution in [2.24, 2.45) is 17.6 Å². The fourth-order valence-corrected chi connectivity index (χ4v) is 3.31. The van der Waals surface area contributed by atoms with Crippen LogP contribution in [0, 0.1) is 11.8 Å². The summed E-state index contributed by atoms with van der Waals surface area (Å²) in [5.41, 5.74) is 6.02. The zero-order chi connectivity index (χ0) is 13.7. The summed E-state index contributed by atoms with van der Waals surface area (Å²) in [4.78, 5) is 16.3. The van der Waals surface area contributed by atoms with Crippen LogP contribution in [0.4, 0.5) is 0 Å². The van der Waals surface area contributed by atoms with E-state index in [9.17, 15) is 4.79 Å². The Bertz CT molecular complexity index is 416. The van der Waals surface area contributed by atoms with Gasteiger partial charge in [-0.25, -0.2) is 4.98 Å². The maximum Gasteiger partial charge on any atom is 0.270 e. The molecule has 6 heteroatoms. The monoisotopic (exact) mass is 317 g/mol. The lowest BCUT2D eigenvalue weighted by Crippen LogP contribution is -2.31. The van der Waals surface area contributed by atoms with E-state index in [1.807, 2.05) is 5.38 Å². The van der Waals surface area contributed by atoms with Crippen LogP contribution in [0.5, 0.6) is 0 Å². The molecule has 1 saturated carbocycles. The number of thiazole rings is 1. The number of carbonyl (C=O) groups excluding carboxylic acids is 1. The maximum atomic E-state index is 12.0. The quantitative estimate of drug-likeness (QED) is 0.877. The topological polar surface area (TPSA) is 68.0 Å². The number of nitrogens with two attached hydrogens (primary N) is 1. The van der Waals surface area contributed by atoms with Crippen molar-refractivity contribution >= 4 is 29.7 Å². The average molecular weight is 318 g/mol. The van der Waals surface area contributed by atoms with Crippen LogP contribution in [0.1, 0.15) is 48.1 Å². The molecule has 20 heavy (non-hydrogen) atoms. The predicted octanol–water partition coefficient (Wildman–Crippen LogP) is 2.62. The summed E-state index contributed by atoms with van der Waals surface area (Å²) in [6.45, 7) is 3.67. The third-order valence-corrected chi connectivity index (χ3v) is 4.74. The Morgan fingerprint density at radius 1 is 1.45 bits per heavy atom. The van der Waals surface area contributed by atoms with Gasteiger partial charge in [0.15, 0.2) is 0 Å². The first-order valence-corrected chi connectivity index (χ1v) is 7.99. The molecule has 0 bridgehead atoms. The van der Waals surface area contributed by atoms with Gasteiger partial charge < -0.3 is 11.1 Å². The van der Waals surface area contributed by atoms with Crippen LogP contribution in [0.2, 0.25) is 0 Å². The molecule has 1 fully saturated rings. The normalized spacial score (nSPS) is 22.1. The molecule has 4 nitrogen and oxygen atoms in total. The largest absolute Gasteiger partial charge is 0.350 e. The highest BCUT2D eigenvalue weighted by atomic mass is 35.5. The molecule has 114 valence electrons. The zero-order valence-electron chi connectivity index (χ0n) is 11.9. The van der Waals surface area contributed by atoms with E-state index in [4.69, 9.17) is 5.73 Å². The minimum atomic E-state index is -0.0434. The summed E-state index contributed by atoms with van der Waals surface area (Å²) in [6, 6.07) is 0. The standard InChI is InChI=1S/C14H23N3OS.ClH/c1-10-2-4-11(5-3-10)8-16-14(18)12-9-19-13(17-12)6-7-15;/h9-11H,2-8,15H2,1H3,(H,16,18);1H. The van der Waals surface area contributed by atoms with Crippen LogP contribution in [-0.4, -0.2) is 24.0 Å². The van der Waals surface area contributed by atoms with Gasteiger partial charge >= 0.3 is 0 Å². The number of hydrogen-bond acceptors (Lipinski definition) is 4. The fourth-order valence-electron chi connectivity index (χ4n) is 2.51. The van der Waals surface area contributed by atoms with Gasteiger partial charge in [-0.1, -0.05) is 19.8 Å². The second-order valence-electron chi connectivity index (χ2n) is 5.50. The smallest absolute Gasteiger partial charge is 0.270 e. The summed E-state index contributed by atoms with van der Waals surface area (Å²) in [6.07, 6.45) is 5.79. The Labute approximate surface area is 131 Å². The highest BCUT2D eigenvalue weighted by Gasteiger charge is 2.19. The Morgan fingerprint density at radius 2 is 2.15 bits per heavy atom. The van der Waals surface area contributed by atoms with E-state index in [1.54, 1.807) is 0 Å². The first-order valence-electron chi connectivity index (χ1n) is 7.11. The van der Waals surface area contributed by atoms with Gasteiger partial charge in [-0.2, -0.15) is 0 Å². The third-order valence-electron chi connectivity index (χ3n) is 3.83. The van der Waals surface area contributed by atoms with Gasteiger partial charge in [0.2, 0.25) is 0 Å². The van der Waals surface area contributed by atoms with E-state index in [0.717, 1.165) is 23.9 Å². The fraction of sp³-hybridized carbons (Fsp3) is 0.714. The molecule has 0 unspecified atom stereocenters. The van der Waals surface area contributed by atoms with Crippen molar-refractivity contribution in [2.45, 2.75) is 39.0 Å². The van der Waals surface area contributed by atoms with Crippen molar-refractivity contribution in [2.75, 3.05) is 13.1 Å². The van der Waals surface area contributed by atoms with Gasteiger partial charge in [-0.05, 0) is 31.2 Å². The molecular weight excluding hydrogens is 294 g/mol. The lowest BCUT2D eigenvalue weighted by atomic mass is 9.83. The molecule has 0 aliphatic heterocycles. The Morgan fingerprint density at radius 3 is 2.80 bits per heavy atom. The van der Waals surface area contributed by atoms with Crippen LogP contribution < -0.4 is 11.1 Å². The molecule has 1 aliphatic rings. The summed E-state index contributed by atoms with van der Waals surface area (Å²) >= 11 is 1.51. The Hall–Kier alpha value is -0.650. The molecule has 1 aromatic heterocycles. The molecule has 0 spiro atoms. The van der Waals surface area contributed by atoms with Crippen molar-refractivity contribution < 1.29 is 4.79 Å². The van der Waals surface area contributed by atoms with Gasteiger partial charge in [0, 0.05) is 18.3 Å². The first-order chi connectivity index (χ1) is 9.19. The van der Waals surface area contributed by atoms with Crippen molar-refractivity contribution in [3.8, 4) is 0 Å². The molecule has 1 aliphatic carbocycles. The second kappa shape index (κ2) is 8.60. The number of halogens is 1. The minimum absolute atomic E-state index is 0. The van der Waals surface area contributed by atoms with E-state index in [0.29, 0.717) is 18.2 Å². The highest BCUT2D eigenvalue weighted by molar-refractivity contribution is 7.09. The molecular formula is C14H24ClN3OS. The number of carbonyl (C=O) groups is 1. The third kappa shape index (κ3) is 5.04. The summed E-state index contributed by atoms with van der Waals surface area (Å²) in [5.74, 6) is 1.45. The van der Waals surface area contributed by atoms with Crippen LogP contribution in [0.3, 0.4) is 0 Å². The minimum Gasteiger partial charge on any atom is -0.350 e. The molecule has 1 heterocycles. The Balaban J connectivity index is 0.00000200. The lowest BCUT2D eigenvalue weighted by Gasteiger charge is -2.26. The number of rotatable bonds is 5. The van der Waals surface area contributed by atoms with Crippen LogP contribution in [-0.2, 0) is 6.42 Å². The SMILES string of the molecule is CC1CCC(CNC(=O)c2csc(CCN)n2)CC1.Cl.